The predicted octanol–water partition coefficient (Wildman–Crippen LogP) is 4.17. The molecule has 2 aromatic carbocycles. The number of benzene rings is 2. The zero-order valence-electron chi connectivity index (χ0n) is 11.0. The monoisotopic (exact) mass is 414 g/mol. The summed E-state index contributed by atoms with van der Waals surface area (Å²) >= 11 is 3.51. The fourth-order valence-corrected chi connectivity index (χ4v) is 2.90. The van der Waals surface area contributed by atoms with Crippen LogP contribution >= 0.6 is 34.4 Å². The number of carbonyl (C=O) groups is 1. The molecule has 0 saturated carbocycles. The molecule has 0 aliphatic rings. The summed E-state index contributed by atoms with van der Waals surface area (Å²) in [6.07, 6.45) is 1.96. The van der Waals surface area contributed by atoms with Crippen LogP contribution in [-0.4, -0.2) is 17.1 Å². The van der Waals surface area contributed by atoms with E-state index < -0.39 is 4.92 Å². The lowest BCUT2D eigenvalue weighted by molar-refractivity contribution is -0.384. The van der Waals surface area contributed by atoms with Crippen LogP contribution in [0.5, 0.6) is 0 Å². The second-order valence-electron chi connectivity index (χ2n) is 4.11. The molecule has 0 aliphatic carbocycles. The molecule has 0 bridgehead atoms. The van der Waals surface area contributed by atoms with Gasteiger partial charge in [-0.05, 0) is 53.1 Å². The number of anilines is 1. The Hall–Kier alpha value is -1.61. The largest absolute Gasteiger partial charge is 0.322 e. The number of thioether (sulfide) groups is 1. The lowest BCUT2D eigenvalue weighted by atomic mass is 10.2. The molecule has 0 aliphatic heterocycles. The molecule has 7 heteroatoms. The molecule has 2 rings (SSSR count). The summed E-state index contributed by atoms with van der Waals surface area (Å²) in [6, 6.07) is 11.7. The molecule has 2 aromatic rings. The van der Waals surface area contributed by atoms with Gasteiger partial charge in [-0.25, -0.2) is 0 Å². The first-order valence-electron chi connectivity index (χ1n) is 5.90. The topological polar surface area (TPSA) is 72.2 Å². The maximum atomic E-state index is 12.2. The zero-order valence-corrected chi connectivity index (χ0v) is 14.0. The first-order valence-corrected chi connectivity index (χ1v) is 8.21. The summed E-state index contributed by atoms with van der Waals surface area (Å²) in [5.74, 6) is -0.285. The molecule has 0 aromatic heterocycles. The molecule has 1 N–H and O–H groups in total. The molecule has 0 unspecified atom stereocenters. The summed E-state index contributed by atoms with van der Waals surface area (Å²) in [7, 11) is 0. The van der Waals surface area contributed by atoms with Crippen LogP contribution in [0.2, 0.25) is 0 Å². The van der Waals surface area contributed by atoms with Crippen molar-refractivity contribution in [1.82, 2.24) is 0 Å². The second-order valence-corrected chi connectivity index (χ2v) is 6.15. The number of hydrogen-bond acceptors (Lipinski definition) is 4. The molecule has 108 valence electrons. The van der Waals surface area contributed by atoms with Gasteiger partial charge in [-0.2, -0.15) is 0 Å². The van der Waals surface area contributed by atoms with Crippen molar-refractivity contribution >= 4 is 51.6 Å². The second kappa shape index (κ2) is 6.90. The van der Waals surface area contributed by atoms with Crippen molar-refractivity contribution in [3.8, 4) is 0 Å². The van der Waals surface area contributed by atoms with E-state index in [0.717, 1.165) is 4.90 Å². The lowest BCUT2D eigenvalue weighted by Gasteiger charge is -2.08. The SMILES string of the molecule is CSc1cccc(NC(=O)c2ccc([N+](=O)[O-])cc2I)c1. The minimum absolute atomic E-state index is 0.0275. The number of rotatable bonds is 4. The van der Waals surface area contributed by atoms with Crippen LogP contribution < -0.4 is 5.32 Å². The van der Waals surface area contributed by atoms with Gasteiger partial charge in [0.1, 0.15) is 0 Å². The van der Waals surface area contributed by atoms with Crippen molar-refractivity contribution in [3.05, 3.63) is 61.7 Å². The molecule has 0 spiro atoms. The smallest absolute Gasteiger partial charge is 0.270 e. The molecule has 0 atom stereocenters. The van der Waals surface area contributed by atoms with E-state index in [0.29, 0.717) is 14.8 Å². The average molecular weight is 414 g/mol. The number of nitrogens with one attached hydrogen (secondary N) is 1. The number of nitrogens with zero attached hydrogens (tertiary/aromatic N) is 1. The van der Waals surface area contributed by atoms with Gasteiger partial charge in [0, 0.05) is 26.3 Å². The standard InChI is InChI=1S/C14H11IN2O3S/c1-21-11-4-2-3-9(7-11)16-14(18)12-6-5-10(17(19)20)8-13(12)15/h2-8H,1H3,(H,16,18). The Morgan fingerprint density at radius 3 is 2.67 bits per heavy atom. The first kappa shape index (κ1) is 15.8. The Morgan fingerprint density at radius 2 is 2.05 bits per heavy atom. The number of carbonyl (C=O) groups excluding carboxylic acids is 1. The van der Waals surface area contributed by atoms with Gasteiger partial charge in [-0.1, -0.05) is 6.07 Å². The van der Waals surface area contributed by atoms with E-state index in [1.807, 2.05) is 47.0 Å². The van der Waals surface area contributed by atoms with E-state index in [1.165, 1.54) is 18.2 Å². The number of nitro benzene ring substituents is 1. The number of non-ortho nitro benzene ring substituents is 1. The minimum atomic E-state index is -0.480. The highest BCUT2D eigenvalue weighted by Gasteiger charge is 2.14. The highest BCUT2D eigenvalue weighted by Crippen LogP contribution is 2.22. The van der Waals surface area contributed by atoms with E-state index >= 15 is 0 Å². The molecule has 21 heavy (non-hydrogen) atoms. The van der Waals surface area contributed by atoms with Crippen LogP contribution in [0.15, 0.2) is 47.4 Å². The van der Waals surface area contributed by atoms with Crippen molar-refractivity contribution < 1.29 is 9.72 Å². The number of nitro groups is 1. The Kier molecular flexibility index (Phi) is 5.18. The third kappa shape index (κ3) is 3.94. The van der Waals surface area contributed by atoms with Crippen molar-refractivity contribution in [3.63, 3.8) is 0 Å². The summed E-state index contributed by atoms with van der Waals surface area (Å²) in [5, 5.41) is 13.5. The molecule has 1 amide bonds. The van der Waals surface area contributed by atoms with E-state index in [2.05, 4.69) is 5.32 Å². The van der Waals surface area contributed by atoms with Crippen molar-refractivity contribution in [1.29, 1.82) is 0 Å². The molecular formula is C14H11IN2O3S. The summed E-state index contributed by atoms with van der Waals surface area (Å²) in [6.45, 7) is 0. The average Bonchev–Trinajstić information content (AvgIpc) is 2.47. The molecule has 0 radical (unpaired) electrons. The van der Waals surface area contributed by atoms with Gasteiger partial charge in [-0.3, -0.25) is 14.9 Å². The Morgan fingerprint density at radius 1 is 1.29 bits per heavy atom. The van der Waals surface area contributed by atoms with Gasteiger partial charge < -0.3 is 5.32 Å². The Balaban J connectivity index is 2.22. The molecule has 5 nitrogen and oxygen atoms in total. The van der Waals surface area contributed by atoms with Crippen LogP contribution in [0.4, 0.5) is 11.4 Å². The van der Waals surface area contributed by atoms with Crippen LogP contribution in [0.25, 0.3) is 0 Å². The molecular weight excluding hydrogens is 403 g/mol. The zero-order chi connectivity index (χ0) is 15.4. The van der Waals surface area contributed by atoms with E-state index in [9.17, 15) is 14.9 Å². The third-order valence-corrected chi connectivity index (χ3v) is 4.35. The Bertz CT molecular complexity index is 706. The first-order chi connectivity index (χ1) is 10.0. The van der Waals surface area contributed by atoms with Gasteiger partial charge in [0.25, 0.3) is 11.6 Å². The van der Waals surface area contributed by atoms with Gasteiger partial charge in [0.2, 0.25) is 0 Å². The normalized spacial score (nSPS) is 10.2. The van der Waals surface area contributed by atoms with Crippen LogP contribution in [0.1, 0.15) is 10.4 Å². The number of amides is 1. The molecule has 0 heterocycles. The number of hydrogen-bond donors (Lipinski definition) is 1. The Labute approximate surface area is 139 Å². The maximum absolute atomic E-state index is 12.2. The van der Waals surface area contributed by atoms with Gasteiger partial charge in [0.15, 0.2) is 0 Å². The molecule has 0 fully saturated rings. The van der Waals surface area contributed by atoms with Crippen LogP contribution in [0.3, 0.4) is 0 Å². The van der Waals surface area contributed by atoms with Crippen molar-refractivity contribution in [2.45, 2.75) is 4.90 Å². The van der Waals surface area contributed by atoms with E-state index in [1.54, 1.807) is 17.8 Å². The predicted molar refractivity (Wildman–Crippen MR) is 92.0 cm³/mol. The van der Waals surface area contributed by atoms with E-state index in [-0.39, 0.29) is 11.6 Å². The van der Waals surface area contributed by atoms with Crippen LogP contribution in [0, 0.1) is 13.7 Å². The quantitative estimate of drug-likeness (QED) is 0.353. The van der Waals surface area contributed by atoms with Gasteiger partial charge in [-0.15, -0.1) is 11.8 Å². The summed E-state index contributed by atoms with van der Waals surface area (Å²) in [5.41, 5.74) is 1.08. The number of halogens is 1. The van der Waals surface area contributed by atoms with Crippen molar-refractivity contribution in [2.24, 2.45) is 0 Å². The van der Waals surface area contributed by atoms with Crippen LogP contribution in [-0.2, 0) is 0 Å². The summed E-state index contributed by atoms with van der Waals surface area (Å²) in [4.78, 5) is 23.5. The third-order valence-electron chi connectivity index (χ3n) is 2.74. The van der Waals surface area contributed by atoms with Gasteiger partial charge in [0.05, 0.1) is 10.5 Å². The fourth-order valence-electron chi connectivity index (χ4n) is 1.70. The molecule has 0 saturated heterocycles. The summed E-state index contributed by atoms with van der Waals surface area (Å²) < 4.78 is 0.542. The van der Waals surface area contributed by atoms with E-state index in [4.69, 9.17) is 0 Å². The van der Waals surface area contributed by atoms with Gasteiger partial charge >= 0.3 is 0 Å². The highest BCUT2D eigenvalue weighted by molar-refractivity contribution is 14.1. The fraction of sp³-hybridized carbons (Fsp3) is 0.0714. The maximum Gasteiger partial charge on any atom is 0.270 e. The lowest BCUT2D eigenvalue weighted by Crippen LogP contribution is -2.13. The minimum Gasteiger partial charge on any atom is -0.322 e. The highest BCUT2D eigenvalue weighted by atomic mass is 127. The van der Waals surface area contributed by atoms with Crippen molar-refractivity contribution in [2.75, 3.05) is 11.6 Å².